The molecule has 1 aromatic rings. The van der Waals surface area contributed by atoms with E-state index in [9.17, 15) is 0 Å². The molecule has 1 aliphatic heterocycles. The van der Waals surface area contributed by atoms with Crippen LogP contribution in [0.5, 0.6) is 0 Å². The van der Waals surface area contributed by atoms with Crippen LogP contribution in [0.2, 0.25) is 0 Å². The number of rotatable bonds is 5. The lowest BCUT2D eigenvalue weighted by molar-refractivity contribution is 0.138. The highest BCUT2D eigenvalue weighted by molar-refractivity contribution is 5.20. The molecule has 2 heteroatoms. The van der Waals surface area contributed by atoms with Crippen LogP contribution in [0.25, 0.3) is 0 Å². The maximum atomic E-state index is 3.53. The summed E-state index contributed by atoms with van der Waals surface area (Å²) in [6.07, 6.45) is 2.63. The van der Waals surface area contributed by atoms with E-state index in [-0.39, 0.29) is 0 Å². The van der Waals surface area contributed by atoms with Gasteiger partial charge in [-0.15, -0.1) is 0 Å². The molecule has 0 amide bonds. The second kappa shape index (κ2) is 6.91. The molecule has 1 heterocycles. The Balaban J connectivity index is 2.02. The third-order valence-corrected chi connectivity index (χ3v) is 3.87. The maximum absolute atomic E-state index is 3.53. The molecule has 1 N–H and O–H groups in total. The third-order valence-electron chi connectivity index (χ3n) is 3.87. The van der Waals surface area contributed by atoms with Crippen molar-refractivity contribution >= 4 is 0 Å². The number of hydrogen-bond acceptors (Lipinski definition) is 2. The minimum atomic E-state index is 0.555. The molecule has 18 heavy (non-hydrogen) atoms. The van der Waals surface area contributed by atoms with Gasteiger partial charge in [-0.05, 0) is 17.9 Å². The zero-order chi connectivity index (χ0) is 12.8. The smallest absolute Gasteiger partial charge is 0.0473 e. The van der Waals surface area contributed by atoms with Crippen LogP contribution in [0.3, 0.4) is 0 Å². The second-order valence-corrected chi connectivity index (χ2v) is 5.52. The minimum absolute atomic E-state index is 0.555. The minimum Gasteiger partial charge on any atom is -0.314 e. The number of nitrogens with one attached hydrogen (secondary N) is 1. The zero-order valence-electron chi connectivity index (χ0n) is 11.7. The molecular formula is C16H26N2. The average Bonchev–Trinajstić information content (AvgIpc) is 2.40. The van der Waals surface area contributed by atoms with Gasteiger partial charge < -0.3 is 5.32 Å². The lowest BCUT2D eigenvalue weighted by Gasteiger charge is -2.38. The first-order valence-corrected chi connectivity index (χ1v) is 7.31. The van der Waals surface area contributed by atoms with Crippen LogP contribution in [-0.2, 0) is 0 Å². The van der Waals surface area contributed by atoms with Gasteiger partial charge in [0.25, 0.3) is 0 Å². The van der Waals surface area contributed by atoms with Gasteiger partial charge in [-0.1, -0.05) is 50.6 Å². The van der Waals surface area contributed by atoms with Gasteiger partial charge in [0.15, 0.2) is 0 Å². The first-order chi connectivity index (χ1) is 8.81. The number of nitrogens with zero attached hydrogens (tertiary/aromatic N) is 1. The van der Waals surface area contributed by atoms with Gasteiger partial charge in [0.05, 0.1) is 0 Å². The van der Waals surface area contributed by atoms with Crippen molar-refractivity contribution in [2.45, 2.75) is 32.7 Å². The molecule has 2 unspecified atom stereocenters. The Morgan fingerprint density at radius 2 is 2.11 bits per heavy atom. The molecule has 0 saturated carbocycles. The van der Waals surface area contributed by atoms with Crippen LogP contribution in [0.1, 0.15) is 38.3 Å². The predicted octanol–water partition coefficient (Wildman–Crippen LogP) is 3.07. The van der Waals surface area contributed by atoms with Crippen LogP contribution < -0.4 is 5.32 Å². The number of hydrogen-bond donors (Lipinski definition) is 1. The molecule has 1 saturated heterocycles. The molecule has 1 aliphatic rings. The van der Waals surface area contributed by atoms with Crippen molar-refractivity contribution in [3.63, 3.8) is 0 Å². The highest BCUT2D eigenvalue weighted by Crippen LogP contribution is 2.23. The molecule has 2 nitrogen and oxygen atoms in total. The Bertz CT molecular complexity index is 336. The van der Waals surface area contributed by atoms with E-state index < -0.39 is 0 Å². The predicted molar refractivity (Wildman–Crippen MR) is 77.7 cm³/mol. The van der Waals surface area contributed by atoms with Gasteiger partial charge in [-0.25, -0.2) is 0 Å². The summed E-state index contributed by atoms with van der Waals surface area (Å²) < 4.78 is 0. The van der Waals surface area contributed by atoms with E-state index in [2.05, 4.69) is 54.4 Å². The first-order valence-electron chi connectivity index (χ1n) is 7.31. The van der Waals surface area contributed by atoms with E-state index in [1.165, 1.54) is 31.5 Å². The van der Waals surface area contributed by atoms with Gasteiger partial charge in [0, 0.05) is 32.2 Å². The molecule has 0 radical (unpaired) electrons. The van der Waals surface area contributed by atoms with Crippen molar-refractivity contribution in [3.8, 4) is 0 Å². The van der Waals surface area contributed by atoms with E-state index in [4.69, 9.17) is 0 Å². The highest BCUT2D eigenvalue weighted by atomic mass is 15.2. The molecule has 0 spiro atoms. The molecular weight excluding hydrogens is 220 g/mol. The van der Waals surface area contributed by atoms with Gasteiger partial charge in [0.2, 0.25) is 0 Å². The molecule has 0 aliphatic carbocycles. The molecule has 0 bridgehead atoms. The fourth-order valence-corrected chi connectivity index (χ4v) is 2.95. The van der Waals surface area contributed by atoms with Gasteiger partial charge in [-0.3, -0.25) is 4.90 Å². The van der Waals surface area contributed by atoms with Gasteiger partial charge in [0.1, 0.15) is 0 Å². The Labute approximate surface area is 111 Å². The van der Waals surface area contributed by atoms with E-state index in [0.717, 1.165) is 19.0 Å². The number of piperazine rings is 1. The largest absolute Gasteiger partial charge is 0.314 e. The summed E-state index contributed by atoms with van der Waals surface area (Å²) in [5.74, 6) is 0.805. The van der Waals surface area contributed by atoms with E-state index in [1.807, 2.05) is 0 Å². The fourth-order valence-electron chi connectivity index (χ4n) is 2.95. The summed E-state index contributed by atoms with van der Waals surface area (Å²) >= 11 is 0. The standard InChI is InChI=1S/C16H26N2/c1-3-7-14(2)13-18-11-10-17-12-16(18)15-8-5-4-6-9-15/h4-6,8-9,14,16-17H,3,7,10-13H2,1-2H3. The summed E-state index contributed by atoms with van der Waals surface area (Å²) in [7, 11) is 0. The SMILES string of the molecule is CCCC(C)CN1CCNCC1c1ccccc1. The van der Waals surface area contributed by atoms with Crippen molar-refractivity contribution in [2.24, 2.45) is 5.92 Å². The van der Waals surface area contributed by atoms with Crippen molar-refractivity contribution in [3.05, 3.63) is 35.9 Å². The lowest BCUT2D eigenvalue weighted by Crippen LogP contribution is -2.47. The normalized spacial score (nSPS) is 22.9. The van der Waals surface area contributed by atoms with Crippen molar-refractivity contribution < 1.29 is 0 Å². The summed E-state index contributed by atoms with van der Waals surface area (Å²) in [4.78, 5) is 2.66. The maximum Gasteiger partial charge on any atom is 0.0473 e. The highest BCUT2D eigenvalue weighted by Gasteiger charge is 2.24. The molecule has 2 atom stereocenters. The average molecular weight is 246 g/mol. The Hall–Kier alpha value is -0.860. The van der Waals surface area contributed by atoms with Gasteiger partial charge in [-0.2, -0.15) is 0 Å². The van der Waals surface area contributed by atoms with Crippen molar-refractivity contribution in [1.29, 1.82) is 0 Å². The Morgan fingerprint density at radius 3 is 2.83 bits per heavy atom. The topological polar surface area (TPSA) is 15.3 Å². The lowest BCUT2D eigenvalue weighted by atomic mass is 9.99. The van der Waals surface area contributed by atoms with E-state index in [0.29, 0.717) is 6.04 Å². The first kappa shape index (κ1) is 13.6. The quantitative estimate of drug-likeness (QED) is 0.859. The van der Waals surface area contributed by atoms with Crippen LogP contribution in [0.4, 0.5) is 0 Å². The van der Waals surface area contributed by atoms with E-state index in [1.54, 1.807) is 0 Å². The molecule has 100 valence electrons. The Morgan fingerprint density at radius 1 is 1.33 bits per heavy atom. The summed E-state index contributed by atoms with van der Waals surface area (Å²) in [5, 5.41) is 3.53. The van der Waals surface area contributed by atoms with Crippen molar-refractivity contribution in [1.82, 2.24) is 10.2 Å². The van der Waals surface area contributed by atoms with Crippen LogP contribution in [-0.4, -0.2) is 31.1 Å². The molecule has 0 aromatic heterocycles. The fraction of sp³-hybridized carbons (Fsp3) is 0.625. The number of benzene rings is 1. The monoisotopic (exact) mass is 246 g/mol. The molecule has 1 aromatic carbocycles. The van der Waals surface area contributed by atoms with Gasteiger partial charge >= 0.3 is 0 Å². The zero-order valence-corrected chi connectivity index (χ0v) is 11.7. The van der Waals surface area contributed by atoms with E-state index >= 15 is 0 Å². The Kier molecular flexibility index (Phi) is 5.21. The summed E-state index contributed by atoms with van der Waals surface area (Å²) in [6, 6.07) is 11.5. The van der Waals surface area contributed by atoms with Crippen LogP contribution in [0.15, 0.2) is 30.3 Å². The summed E-state index contributed by atoms with van der Waals surface area (Å²) in [5.41, 5.74) is 1.45. The second-order valence-electron chi connectivity index (χ2n) is 5.52. The van der Waals surface area contributed by atoms with Crippen molar-refractivity contribution in [2.75, 3.05) is 26.2 Å². The molecule has 1 fully saturated rings. The summed E-state index contributed by atoms with van der Waals surface area (Å²) in [6.45, 7) is 9.28. The van der Waals surface area contributed by atoms with Crippen LogP contribution in [0, 0.1) is 5.92 Å². The molecule has 2 rings (SSSR count). The van der Waals surface area contributed by atoms with Crippen LogP contribution >= 0.6 is 0 Å². The third kappa shape index (κ3) is 3.56.